The van der Waals surface area contributed by atoms with E-state index in [1.165, 1.54) is 43.5 Å². The number of likely N-dealkylation sites (tertiary alicyclic amines) is 1. The number of nitrogens with zero attached hydrogens (tertiary/aromatic N) is 1. The van der Waals surface area contributed by atoms with Gasteiger partial charge in [-0.3, -0.25) is 9.52 Å². The number of carbonyl (C=O) groups excluding carboxylic acids is 1. The van der Waals surface area contributed by atoms with E-state index in [4.69, 9.17) is 0 Å². The van der Waals surface area contributed by atoms with Gasteiger partial charge in [-0.1, -0.05) is 6.42 Å². The first-order chi connectivity index (χ1) is 13.4. The van der Waals surface area contributed by atoms with E-state index in [9.17, 15) is 17.6 Å². The number of carbonyl (C=O) groups is 1. The van der Waals surface area contributed by atoms with Crippen molar-refractivity contribution < 1.29 is 17.6 Å². The second-order valence-electron chi connectivity index (χ2n) is 6.79. The highest BCUT2D eigenvalue weighted by Crippen LogP contribution is 2.17. The summed E-state index contributed by atoms with van der Waals surface area (Å²) in [7, 11) is -3.81. The predicted octanol–water partition coefficient (Wildman–Crippen LogP) is 2.84. The summed E-state index contributed by atoms with van der Waals surface area (Å²) in [5.41, 5.74) is 0.789. The molecule has 2 aromatic carbocycles. The minimum atomic E-state index is -3.81. The van der Waals surface area contributed by atoms with Crippen LogP contribution in [0.25, 0.3) is 0 Å². The number of nitrogens with one attached hydrogen (secondary N) is 2. The van der Waals surface area contributed by atoms with Crippen LogP contribution in [0.15, 0.2) is 53.4 Å². The highest BCUT2D eigenvalue weighted by Gasteiger charge is 2.15. The zero-order chi connectivity index (χ0) is 20.0. The number of anilines is 1. The fourth-order valence-electron chi connectivity index (χ4n) is 3.13. The quantitative estimate of drug-likeness (QED) is 0.743. The van der Waals surface area contributed by atoms with Crippen molar-refractivity contribution in [3.63, 3.8) is 0 Å². The van der Waals surface area contributed by atoms with Gasteiger partial charge in [-0.25, -0.2) is 12.8 Å². The Bertz CT molecular complexity index is 893. The third kappa shape index (κ3) is 5.53. The van der Waals surface area contributed by atoms with Crippen LogP contribution in [-0.4, -0.2) is 45.4 Å². The molecule has 0 bridgehead atoms. The van der Waals surface area contributed by atoms with Crippen molar-refractivity contribution in [3.8, 4) is 0 Å². The Balaban J connectivity index is 1.53. The third-order valence-corrected chi connectivity index (χ3v) is 6.08. The van der Waals surface area contributed by atoms with Gasteiger partial charge in [0.15, 0.2) is 0 Å². The molecule has 0 spiro atoms. The van der Waals surface area contributed by atoms with Gasteiger partial charge in [0.05, 0.1) is 4.90 Å². The Kier molecular flexibility index (Phi) is 6.64. The molecule has 2 N–H and O–H groups in total. The molecule has 2 aromatic rings. The number of halogens is 1. The number of hydrogen-bond acceptors (Lipinski definition) is 4. The van der Waals surface area contributed by atoms with Gasteiger partial charge in [0.1, 0.15) is 5.82 Å². The number of sulfonamides is 1. The van der Waals surface area contributed by atoms with Crippen LogP contribution in [0.2, 0.25) is 0 Å². The molecule has 8 heteroatoms. The molecule has 0 radical (unpaired) electrons. The Labute approximate surface area is 164 Å². The molecular formula is C20H24FN3O3S. The molecule has 0 saturated carbocycles. The van der Waals surface area contributed by atoms with Crippen molar-refractivity contribution in [2.45, 2.75) is 24.2 Å². The van der Waals surface area contributed by atoms with E-state index in [1.54, 1.807) is 12.1 Å². The smallest absolute Gasteiger partial charge is 0.261 e. The molecule has 0 aromatic heterocycles. The fraction of sp³-hybridized carbons (Fsp3) is 0.350. The second kappa shape index (κ2) is 9.16. The molecule has 0 unspecified atom stereocenters. The van der Waals surface area contributed by atoms with E-state index in [1.807, 2.05) is 0 Å². The lowest BCUT2D eigenvalue weighted by Gasteiger charge is -2.26. The molecule has 1 saturated heterocycles. The maximum Gasteiger partial charge on any atom is 0.261 e. The summed E-state index contributed by atoms with van der Waals surface area (Å²) in [4.78, 5) is 14.5. The van der Waals surface area contributed by atoms with Gasteiger partial charge >= 0.3 is 0 Å². The first-order valence-electron chi connectivity index (χ1n) is 9.33. The lowest BCUT2D eigenvalue weighted by Crippen LogP contribution is -2.37. The fourth-order valence-corrected chi connectivity index (χ4v) is 4.19. The molecular weight excluding hydrogens is 381 g/mol. The molecule has 150 valence electrons. The predicted molar refractivity (Wildman–Crippen MR) is 106 cm³/mol. The summed E-state index contributed by atoms with van der Waals surface area (Å²) in [6, 6.07) is 10.8. The van der Waals surface area contributed by atoms with E-state index < -0.39 is 15.8 Å². The molecule has 6 nitrogen and oxygen atoms in total. The largest absolute Gasteiger partial charge is 0.351 e. The SMILES string of the molecule is O=C(NCCN1CCCCC1)c1ccc(NS(=O)(=O)c2ccc(F)cc2)cc1. The van der Waals surface area contributed by atoms with E-state index in [0.717, 1.165) is 31.8 Å². The van der Waals surface area contributed by atoms with Crippen molar-refractivity contribution in [1.29, 1.82) is 0 Å². The Morgan fingerprint density at radius 1 is 0.964 bits per heavy atom. The minimum absolute atomic E-state index is 0.0339. The van der Waals surface area contributed by atoms with Crippen LogP contribution < -0.4 is 10.0 Å². The van der Waals surface area contributed by atoms with Crippen LogP contribution in [0.5, 0.6) is 0 Å². The van der Waals surface area contributed by atoms with E-state index in [2.05, 4.69) is 14.9 Å². The zero-order valence-electron chi connectivity index (χ0n) is 15.5. The van der Waals surface area contributed by atoms with Crippen LogP contribution in [0.4, 0.5) is 10.1 Å². The molecule has 28 heavy (non-hydrogen) atoms. The van der Waals surface area contributed by atoms with E-state index in [-0.39, 0.29) is 10.8 Å². The van der Waals surface area contributed by atoms with Gasteiger partial charge < -0.3 is 10.2 Å². The van der Waals surface area contributed by atoms with Crippen LogP contribution in [0.3, 0.4) is 0 Å². The van der Waals surface area contributed by atoms with Gasteiger partial charge in [0, 0.05) is 24.3 Å². The van der Waals surface area contributed by atoms with Crippen LogP contribution in [0.1, 0.15) is 29.6 Å². The summed E-state index contributed by atoms with van der Waals surface area (Å²) in [5.74, 6) is -0.695. The van der Waals surface area contributed by atoms with Crippen LogP contribution in [0, 0.1) is 5.82 Å². The average Bonchev–Trinajstić information content (AvgIpc) is 2.69. The summed E-state index contributed by atoms with van der Waals surface area (Å²) in [5, 5.41) is 2.89. The zero-order valence-corrected chi connectivity index (χ0v) is 16.3. The topological polar surface area (TPSA) is 78.5 Å². The van der Waals surface area contributed by atoms with Crippen molar-refractivity contribution >= 4 is 21.6 Å². The van der Waals surface area contributed by atoms with Gasteiger partial charge in [-0.15, -0.1) is 0 Å². The van der Waals surface area contributed by atoms with Crippen molar-refractivity contribution in [3.05, 3.63) is 59.9 Å². The standard InChI is InChI=1S/C20H24FN3O3S/c21-17-6-10-19(11-7-17)28(26,27)23-18-8-4-16(5-9-18)20(25)22-12-15-24-13-2-1-3-14-24/h4-11,23H,1-3,12-15H2,(H,22,25). The van der Waals surface area contributed by atoms with Gasteiger partial charge in [0.2, 0.25) is 0 Å². The number of hydrogen-bond donors (Lipinski definition) is 2. The molecule has 1 heterocycles. The van der Waals surface area contributed by atoms with Crippen molar-refractivity contribution in [1.82, 2.24) is 10.2 Å². The van der Waals surface area contributed by atoms with Crippen LogP contribution >= 0.6 is 0 Å². The summed E-state index contributed by atoms with van der Waals surface area (Å²) in [6.07, 6.45) is 3.70. The monoisotopic (exact) mass is 405 g/mol. The summed E-state index contributed by atoms with van der Waals surface area (Å²) < 4.78 is 40.0. The number of benzene rings is 2. The van der Waals surface area contributed by atoms with E-state index in [0.29, 0.717) is 17.8 Å². The second-order valence-corrected chi connectivity index (χ2v) is 8.48. The first kappa shape index (κ1) is 20.3. The van der Waals surface area contributed by atoms with Crippen molar-refractivity contribution in [2.75, 3.05) is 30.9 Å². The molecule has 1 aliphatic heterocycles. The number of amides is 1. The normalized spacial score (nSPS) is 15.2. The lowest BCUT2D eigenvalue weighted by atomic mass is 10.1. The Hall–Kier alpha value is -2.45. The highest BCUT2D eigenvalue weighted by molar-refractivity contribution is 7.92. The minimum Gasteiger partial charge on any atom is -0.351 e. The van der Waals surface area contributed by atoms with Crippen molar-refractivity contribution in [2.24, 2.45) is 0 Å². The maximum absolute atomic E-state index is 13.0. The molecule has 1 amide bonds. The highest BCUT2D eigenvalue weighted by atomic mass is 32.2. The molecule has 0 aliphatic carbocycles. The van der Waals surface area contributed by atoms with Gasteiger partial charge in [0.25, 0.3) is 15.9 Å². The van der Waals surface area contributed by atoms with E-state index >= 15 is 0 Å². The number of rotatable bonds is 7. The van der Waals surface area contributed by atoms with Gasteiger partial charge in [-0.2, -0.15) is 0 Å². The Morgan fingerprint density at radius 3 is 2.25 bits per heavy atom. The molecule has 1 fully saturated rings. The summed E-state index contributed by atoms with van der Waals surface area (Å²) in [6.45, 7) is 3.58. The molecule has 1 aliphatic rings. The third-order valence-electron chi connectivity index (χ3n) is 4.69. The maximum atomic E-state index is 13.0. The first-order valence-corrected chi connectivity index (χ1v) is 10.8. The van der Waals surface area contributed by atoms with Crippen LogP contribution in [-0.2, 0) is 10.0 Å². The average molecular weight is 405 g/mol. The lowest BCUT2D eigenvalue weighted by molar-refractivity contribution is 0.0946. The summed E-state index contributed by atoms with van der Waals surface area (Å²) >= 11 is 0. The molecule has 0 atom stereocenters. The van der Waals surface area contributed by atoms with Gasteiger partial charge in [-0.05, 0) is 74.5 Å². The Morgan fingerprint density at radius 2 is 1.61 bits per heavy atom. The molecule has 3 rings (SSSR count). The number of piperidine rings is 1.